The first-order chi connectivity index (χ1) is 21.1. The van der Waals surface area contributed by atoms with Crippen LogP contribution in [-0.4, -0.2) is 60.4 Å². The van der Waals surface area contributed by atoms with Gasteiger partial charge in [-0.15, -0.1) is 0 Å². The van der Waals surface area contributed by atoms with Gasteiger partial charge in [-0.25, -0.2) is 13.4 Å². The summed E-state index contributed by atoms with van der Waals surface area (Å²) in [5.74, 6) is 1.22. The van der Waals surface area contributed by atoms with Crippen LogP contribution < -0.4 is 15.5 Å². The van der Waals surface area contributed by atoms with Crippen LogP contribution in [0.4, 0.5) is 5.69 Å². The molecule has 1 saturated heterocycles. The number of rotatable bonds is 7. The Morgan fingerprint density at radius 1 is 1.04 bits per heavy atom. The number of halogens is 2. The molecule has 0 radical (unpaired) electrons. The van der Waals surface area contributed by atoms with Gasteiger partial charge in [0.05, 0.1) is 38.8 Å². The molecule has 244 valence electrons. The van der Waals surface area contributed by atoms with Crippen LogP contribution in [0.15, 0.2) is 24.3 Å². The highest BCUT2D eigenvalue weighted by Gasteiger charge is 2.28. The highest BCUT2D eigenvalue weighted by molar-refractivity contribution is 7.91. The zero-order valence-corrected chi connectivity index (χ0v) is 29.0. The van der Waals surface area contributed by atoms with Gasteiger partial charge in [-0.1, -0.05) is 57.0 Å². The van der Waals surface area contributed by atoms with E-state index in [1.165, 1.54) is 0 Å². The summed E-state index contributed by atoms with van der Waals surface area (Å²) in [6, 6.07) is 7.47. The minimum atomic E-state index is -3.10. The van der Waals surface area contributed by atoms with Crippen LogP contribution in [0.5, 0.6) is 0 Å². The monoisotopic (exact) mass is 675 g/mol. The fourth-order valence-electron chi connectivity index (χ4n) is 6.04. The zero-order chi connectivity index (χ0) is 32.7. The first-order valence-electron chi connectivity index (χ1n) is 15.6. The number of amides is 2. The van der Waals surface area contributed by atoms with Crippen molar-refractivity contribution in [1.82, 2.24) is 20.2 Å². The third kappa shape index (κ3) is 7.60. The summed E-state index contributed by atoms with van der Waals surface area (Å²) in [5, 5.41) is 7.16. The van der Waals surface area contributed by atoms with Gasteiger partial charge >= 0.3 is 0 Å². The SMILES string of the molecule is CC1CCC(NC(=O)c2cc3nc(Cc4c(Cl)ccc(CNC(=O)C(C)(C)C)c4Cl)n(C)c3cc2N2CCS(=O)(=O)CC2)CC1. The number of carbonyl (C=O) groups is 2. The summed E-state index contributed by atoms with van der Waals surface area (Å²) in [4.78, 5) is 33.1. The number of hydrogen-bond donors (Lipinski definition) is 2. The van der Waals surface area contributed by atoms with Crippen LogP contribution in [0.25, 0.3) is 11.0 Å². The largest absolute Gasteiger partial charge is 0.369 e. The predicted molar refractivity (Wildman–Crippen MR) is 181 cm³/mol. The number of fused-ring (bicyclic) bond motifs is 1. The first-order valence-corrected chi connectivity index (χ1v) is 18.2. The van der Waals surface area contributed by atoms with E-state index in [0.29, 0.717) is 63.6 Å². The number of aromatic nitrogens is 2. The number of anilines is 1. The Morgan fingerprint density at radius 3 is 2.36 bits per heavy atom. The fraction of sp³-hybridized carbons (Fsp3) is 0.545. The van der Waals surface area contributed by atoms with E-state index < -0.39 is 15.3 Å². The van der Waals surface area contributed by atoms with Crippen LogP contribution in [0, 0.1) is 11.3 Å². The second-order valence-corrected chi connectivity index (χ2v) is 16.7. The second-order valence-electron chi connectivity index (χ2n) is 13.6. The number of hydrogen-bond acceptors (Lipinski definition) is 6. The minimum Gasteiger partial charge on any atom is -0.369 e. The standard InChI is InChI=1S/C33H43Cl2N5O4S/c1-20-6-9-22(10-7-20)37-31(41)24-16-26-28(18-27(24)40-12-14-45(43,44)15-13-40)39(5)29(38-26)17-23-25(34)11-8-21(30(23)35)19-36-32(42)33(2,3)4/h8,11,16,18,20,22H,6-7,9-10,12-15,17,19H2,1-5H3,(H,36,42)(H,37,41). The van der Waals surface area contributed by atoms with Gasteiger partial charge in [0.15, 0.2) is 9.84 Å². The lowest BCUT2D eigenvalue weighted by Crippen LogP contribution is -2.42. The maximum Gasteiger partial charge on any atom is 0.253 e. The Bertz CT molecular complexity index is 1710. The van der Waals surface area contributed by atoms with Crippen molar-refractivity contribution >= 4 is 61.6 Å². The average molecular weight is 677 g/mol. The van der Waals surface area contributed by atoms with Crippen molar-refractivity contribution in [3.8, 4) is 0 Å². The van der Waals surface area contributed by atoms with Gasteiger partial charge in [0, 0.05) is 49.6 Å². The molecule has 1 aliphatic carbocycles. The number of carbonyl (C=O) groups excluding carboxylic acids is 2. The average Bonchev–Trinajstić information content (AvgIpc) is 3.28. The third-order valence-corrected chi connectivity index (χ3v) is 11.5. The van der Waals surface area contributed by atoms with Crippen LogP contribution in [0.1, 0.15) is 80.7 Å². The molecule has 2 heterocycles. The molecular weight excluding hydrogens is 633 g/mol. The van der Waals surface area contributed by atoms with Crippen molar-refractivity contribution in [1.29, 1.82) is 0 Å². The van der Waals surface area contributed by atoms with Gasteiger partial charge in [-0.05, 0) is 60.9 Å². The molecule has 5 rings (SSSR count). The lowest BCUT2D eigenvalue weighted by Gasteiger charge is -2.31. The molecule has 0 atom stereocenters. The van der Waals surface area contributed by atoms with E-state index in [0.717, 1.165) is 36.8 Å². The molecule has 2 fully saturated rings. The van der Waals surface area contributed by atoms with E-state index in [2.05, 4.69) is 17.6 Å². The van der Waals surface area contributed by atoms with Gasteiger partial charge in [-0.3, -0.25) is 9.59 Å². The number of imidazole rings is 1. The van der Waals surface area contributed by atoms with Crippen molar-refractivity contribution in [3.63, 3.8) is 0 Å². The maximum atomic E-state index is 13.8. The van der Waals surface area contributed by atoms with E-state index in [1.807, 2.05) is 55.5 Å². The molecule has 2 amide bonds. The molecule has 0 spiro atoms. The third-order valence-electron chi connectivity index (χ3n) is 9.09. The zero-order valence-electron chi connectivity index (χ0n) is 26.7. The summed E-state index contributed by atoms with van der Waals surface area (Å²) in [5.41, 5.74) is 3.61. The molecule has 1 aromatic heterocycles. The lowest BCUT2D eigenvalue weighted by atomic mass is 9.87. The summed E-state index contributed by atoms with van der Waals surface area (Å²) in [7, 11) is -1.19. The van der Waals surface area contributed by atoms with Crippen LogP contribution in [0.2, 0.25) is 10.0 Å². The molecular formula is C33H43Cl2N5O4S. The normalized spacial score (nSPS) is 20.3. The number of aryl methyl sites for hydroxylation is 1. The Morgan fingerprint density at radius 2 is 1.71 bits per heavy atom. The lowest BCUT2D eigenvalue weighted by molar-refractivity contribution is -0.128. The van der Waals surface area contributed by atoms with E-state index in [4.69, 9.17) is 28.2 Å². The summed E-state index contributed by atoms with van der Waals surface area (Å²) >= 11 is 13.5. The van der Waals surface area contributed by atoms with Gasteiger partial charge in [0.1, 0.15) is 5.82 Å². The second kappa shape index (κ2) is 13.1. The van der Waals surface area contributed by atoms with Gasteiger partial charge in [0.25, 0.3) is 5.91 Å². The van der Waals surface area contributed by atoms with E-state index >= 15 is 0 Å². The molecule has 12 heteroatoms. The van der Waals surface area contributed by atoms with Crippen LogP contribution >= 0.6 is 23.2 Å². The number of sulfone groups is 1. The van der Waals surface area contributed by atoms with Gasteiger partial charge < -0.3 is 20.1 Å². The Hall–Kier alpha value is -2.82. The molecule has 45 heavy (non-hydrogen) atoms. The molecule has 3 aromatic rings. The Kier molecular flexibility index (Phi) is 9.78. The smallest absolute Gasteiger partial charge is 0.253 e. The fourth-order valence-corrected chi connectivity index (χ4v) is 7.82. The minimum absolute atomic E-state index is 0.0484. The molecule has 2 N–H and O–H groups in total. The number of benzene rings is 2. The topological polar surface area (TPSA) is 113 Å². The maximum absolute atomic E-state index is 13.8. The Labute approximate surface area is 276 Å². The predicted octanol–water partition coefficient (Wildman–Crippen LogP) is 5.68. The quantitative estimate of drug-likeness (QED) is 0.333. The van der Waals surface area contributed by atoms with E-state index in [1.54, 1.807) is 6.07 Å². The van der Waals surface area contributed by atoms with Gasteiger partial charge in [-0.2, -0.15) is 0 Å². The molecule has 0 bridgehead atoms. The molecule has 2 aliphatic rings. The molecule has 1 saturated carbocycles. The van der Waals surface area contributed by atoms with Crippen LogP contribution in [-0.2, 0) is 34.6 Å². The van der Waals surface area contributed by atoms with E-state index in [9.17, 15) is 18.0 Å². The van der Waals surface area contributed by atoms with Crippen LogP contribution in [0.3, 0.4) is 0 Å². The molecule has 0 unspecified atom stereocenters. The summed E-state index contributed by atoms with van der Waals surface area (Å²) < 4.78 is 26.4. The van der Waals surface area contributed by atoms with Gasteiger partial charge in [0.2, 0.25) is 5.91 Å². The summed E-state index contributed by atoms with van der Waals surface area (Å²) in [6.45, 7) is 8.73. The van der Waals surface area contributed by atoms with Crippen molar-refractivity contribution < 1.29 is 18.0 Å². The number of nitrogens with one attached hydrogen (secondary N) is 2. The number of nitrogens with zero attached hydrogens (tertiary/aromatic N) is 3. The first kappa shape index (κ1) is 33.5. The van der Waals surface area contributed by atoms with Crippen molar-refractivity contribution in [2.45, 2.75) is 72.4 Å². The molecule has 9 nitrogen and oxygen atoms in total. The highest BCUT2D eigenvalue weighted by Crippen LogP contribution is 2.34. The molecule has 1 aliphatic heterocycles. The van der Waals surface area contributed by atoms with E-state index in [-0.39, 0.29) is 35.9 Å². The Balaban J connectivity index is 1.48. The summed E-state index contributed by atoms with van der Waals surface area (Å²) in [6.07, 6.45) is 4.39. The van der Waals surface area contributed by atoms with Crippen molar-refractivity contribution in [3.05, 3.63) is 56.8 Å². The van der Waals surface area contributed by atoms with Crippen molar-refractivity contribution in [2.24, 2.45) is 18.4 Å². The molecule has 2 aromatic carbocycles. The van der Waals surface area contributed by atoms with Crippen molar-refractivity contribution in [2.75, 3.05) is 29.5 Å². The highest BCUT2D eigenvalue weighted by atomic mass is 35.5.